The van der Waals surface area contributed by atoms with Gasteiger partial charge in [-0.25, -0.2) is 0 Å². The molecule has 4 nitrogen and oxygen atoms in total. The predicted octanol–water partition coefficient (Wildman–Crippen LogP) is -11.1. The van der Waals surface area contributed by atoms with Crippen LogP contribution in [0, 0.1) is 0 Å². The van der Waals surface area contributed by atoms with Crippen molar-refractivity contribution in [2.75, 3.05) is 0 Å². The van der Waals surface area contributed by atoms with Crippen LogP contribution in [0.1, 0.15) is 0 Å². The Hall–Kier alpha value is 3.58. The summed E-state index contributed by atoms with van der Waals surface area (Å²) >= 11 is 0. The van der Waals surface area contributed by atoms with Gasteiger partial charge in [-0.2, -0.15) is 0 Å². The molecule has 8 heteroatoms. The van der Waals surface area contributed by atoms with Crippen LogP contribution in [0.25, 0.3) is 0 Å². The molecule has 0 fully saturated rings. The van der Waals surface area contributed by atoms with Gasteiger partial charge < -0.3 is 28.2 Å². The van der Waals surface area contributed by atoms with Crippen molar-refractivity contribution in [2.45, 2.75) is 0 Å². The van der Waals surface area contributed by atoms with Gasteiger partial charge in [-0.3, -0.25) is 0 Å². The summed E-state index contributed by atoms with van der Waals surface area (Å²) in [6.45, 7) is 0. The molecule has 32 valence electrons. The maximum absolute atomic E-state index is 8.58. The molecule has 0 unspecified atom stereocenters. The van der Waals surface area contributed by atoms with E-state index in [1.165, 1.54) is 0 Å². The minimum absolute atomic E-state index is 0. The van der Waals surface area contributed by atoms with Crippen LogP contribution in [0.5, 0.6) is 0 Å². The van der Waals surface area contributed by atoms with Crippen molar-refractivity contribution < 1.29 is 126 Å². The van der Waals surface area contributed by atoms with Crippen LogP contribution in [-0.4, -0.2) is 9.05 Å². The third-order valence-corrected chi connectivity index (χ3v) is 0. The minimum Gasteiger partial charge on any atom is -0.894 e. The molecule has 0 aromatic rings. The van der Waals surface area contributed by atoms with Gasteiger partial charge in [-0.15, -0.1) is 0 Å². The van der Waals surface area contributed by atoms with Crippen LogP contribution in [0.15, 0.2) is 0 Å². The van der Waals surface area contributed by atoms with Gasteiger partial charge in [0.15, 0.2) is 0 Å². The molecule has 0 aliphatic rings. The molecule has 0 aromatic heterocycles. The molecule has 0 radical (unpaired) electrons. The Morgan fingerprint density at radius 3 is 0.875 bits per heavy atom. The van der Waals surface area contributed by atoms with E-state index in [-0.39, 0.29) is 107 Å². The Morgan fingerprint density at radius 2 is 0.875 bits per heavy atom. The summed E-state index contributed by atoms with van der Waals surface area (Å²) < 4.78 is 0. The smallest absolute Gasteiger partial charge is 0.894 e. The largest absolute Gasteiger partial charge is 4.00 e. The van der Waals surface area contributed by atoms with Gasteiger partial charge in [0.2, 0.25) is 0 Å². The van der Waals surface area contributed by atoms with Crippen LogP contribution in [0.2, 0.25) is 0 Å². The molecule has 0 aliphatic carbocycles. The van der Waals surface area contributed by atoms with Crippen LogP contribution >= 0.6 is 0 Å². The average molecular weight is 245 g/mol. The zero-order valence-electron chi connectivity index (χ0n) is 4.63. The molecule has 0 rings (SSSR count). The van der Waals surface area contributed by atoms with Gasteiger partial charge in [-0.1, -0.05) is 0 Å². The maximum atomic E-state index is 8.58. The summed E-state index contributed by atoms with van der Waals surface area (Å²) in [5.74, 6) is 0. The van der Waals surface area contributed by atoms with Gasteiger partial charge in [0.1, 0.15) is 0 Å². The standard InChI is InChI=1S/K.Na.O4Si.Zr/c;;1-5(2,3)4;/q2*+1;-4;+4. The SMILES string of the molecule is [K+].[Na+].[O-][Si]([O-])([O-])[O-].[Zr+4]. The summed E-state index contributed by atoms with van der Waals surface area (Å²) in [6, 6.07) is 0. The maximum Gasteiger partial charge on any atom is 4.00 e. The molecule has 0 N–H and O–H groups in total. The van der Waals surface area contributed by atoms with Crippen molar-refractivity contribution in [3.63, 3.8) is 0 Å². The molecule has 0 aromatic carbocycles. The fourth-order valence-corrected chi connectivity index (χ4v) is 0. The van der Waals surface area contributed by atoms with Crippen molar-refractivity contribution in [1.29, 1.82) is 0 Å². The molecule has 0 bridgehead atoms. The van der Waals surface area contributed by atoms with Crippen molar-refractivity contribution in [2.24, 2.45) is 0 Å². The van der Waals surface area contributed by atoms with Gasteiger partial charge in [0.05, 0.1) is 0 Å². The Bertz CT molecular complexity index is 31.5. The van der Waals surface area contributed by atoms with Gasteiger partial charge in [-0.05, 0) is 0 Å². The fourth-order valence-electron chi connectivity index (χ4n) is 0. The van der Waals surface area contributed by atoms with Crippen molar-refractivity contribution in [3.05, 3.63) is 0 Å². The Balaban J connectivity index is -0.0000000267. The Morgan fingerprint density at radius 1 is 0.875 bits per heavy atom. The Labute approximate surface area is 132 Å². The summed E-state index contributed by atoms with van der Waals surface area (Å²) in [5.41, 5.74) is 0. The van der Waals surface area contributed by atoms with Gasteiger partial charge >= 0.3 is 107 Å². The van der Waals surface area contributed by atoms with Crippen LogP contribution in [0.4, 0.5) is 0 Å². The molecular formula is KNaO4SiZr+2. The summed E-state index contributed by atoms with van der Waals surface area (Å²) in [4.78, 5) is 34.3. The van der Waals surface area contributed by atoms with E-state index < -0.39 is 9.05 Å². The summed E-state index contributed by atoms with van der Waals surface area (Å²) in [7, 11) is -5.61. The molecule has 0 amide bonds. The van der Waals surface area contributed by atoms with Crippen LogP contribution in [-0.2, 0) is 26.2 Å². The van der Waals surface area contributed by atoms with E-state index in [1.807, 2.05) is 0 Å². The molecule has 0 spiro atoms. The van der Waals surface area contributed by atoms with Gasteiger partial charge in [0, 0.05) is 0 Å². The summed E-state index contributed by atoms with van der Waals surface area (Å²) in [6.07, 6.45) is 0. The number of hydrogen-bond donors (Lipinski definition) is 0. The zero-order chi connectivity index (χ0) is 4.50. The van der Waals surface area contributed by atoms with Crippen molar-refractivity contribution in [1.82, 2.24) is 0 Å². The monoisotopic (exact) mass is 244 g/mol. The van der Waals surface area contributed by atoms with Crippen molar-refractivity contribution >= 4 is 9.05 Å². The van der Waals surface area contributed by atoms with Crippen LogP contribution in [0.3, 0.4) is 0 Å². The topological polar surface area (TPSA) is 92.2 Å². The molecule has 0 heterocycles. The zero-order valence-corrected chi connectivity index (χ0v) is 13.2. The van der Waals surface area contributed by atoms with E-state index in [0.29, 0.717) is 0 Å². The van der Waals surface area contributed by atoms with E-state index in [4.69, 9.17) is 19.2 Å². The molecular weight excluding hydrogens is 245 g/mol. The second-order valence-corrected chi connectivity index (χ2v) is 1.50. The quantitative estimate of drug-likeness (QED) is 0.396. The fraction of sp³-hybridized carbons (Fsp3) is 0. The molecule has 0 aliphatic heterocycles. The normalized spacial score (nSPS) is 7.50. The first-order chi connectivity index (χ1) is 2.00. The minimum atomic E-state index is -5.61. The number of rotatable bonds is 0. The second-order valence-electron chi connectivity index (χ2n) is 0.500. The molecule has 0 saturated heterocycles. The molecule has 0 saturated carbocycles. The molecule has 8 heavy (non-hydrogen) atoms. The van der Waals surface area contributed by atoms with E-state index in [2.05, 4.69) is 0 Å². The Kier molecular flexibility index (Phi) is 29.8. The van der Waals surface area contributed by atoms with Crippen LogP contribution < -0.4 is 100 Å². The van der Waals surface area contributed by atoms with E-state index in [1.54, 1.807) is 0 Å². The predicted molar refractivity (Wildman–Crippen MR) is 5.75 cm³/mol. The number of hydrogen-bond acceptors (Lipinski definition) is 4. The third kappa shape index (κ3) is 55.1. The van der Waals surface area contributed by atoms with E-state index in [9.17, 15) is 0 Å². The average Bonchev–Trinajstić information content (AvgIpc) is 0.722. The summed E-state index contributed by atoms with van der Waals surface area (Å²) in [5, 5.41) is 0. The van der Waals surface area contributed by atoms with Crippen molar-refractivity contribution in [3.8, 4) is 0 Å². The molecule has 0 atom stereocenters. The van der Waals surface area contributed by atoms with Gasteiger partial charge in [0.25, 0.3) is 0 Å². The second kappa shape index (κ2) is 10.6. The van der Waals surface area contributed by atoms with E-state index >= 15 is 0 Å². The van der Waals surface area contributed by atoms with E-state index in [0.717, 1.165) is 0 Å². The first kappa shape index (κ1) is 22.6. The first-order valence-electron chi connectivity index (χ1n) is 0.816. The third-order valence-electron chi connectivity index (χ3n) is 0. The first-order valence-corrected chi connectivity index (χ1v) is 2.45.